The predicted octanol–water partition coefficient (Wildman–Crippen LogP) is 1.81. The molecule has 0 aliphatic carbocycles. The van der Waals surface area contributed by atoms with Crippen molar-refractivity contribution >= 4 is 27.7 Å². The highest BCUT2D eigenvalue weighted by molar-refractivity contribution is 9.10. The smallest absolute Gasteiger partial charge is 0.224 e. The minimum atomic E-state index is 0.669. The fourth-order valence-corrected chi connectivity index (χ4v) is 2.74. The maximum atomic E-state index is 4.53. The second-order valence-electron chi connectivity index (χ2n) is 4.80. The summed E-state index contributed by atoms with van der Waals surface area (Å²) in [7, 11) is 6.14. The zero-order valence-corrected chi connectivity index (χ0v) is 12.7. The molecule has 1 N–H and O–H groups in total. The molecule has 100 valence electrons. The lowest BCUT2D eigenvalue weighted by atomic mass is 10.0. The first-order valence-electron chi connectivity index (χ1n) is 6.23. The van der Waals surface area contributed by atoms with Gasteiger partial charge in [0.2, 0.25) is 5.95 Å². The lowest BCUT2D eigenvalue weighted by Gasteiger charge is -2.36. The molecule has 18 heavy (non-hydrogen) atoms. The second kappa shape index (κ2) is 5.84. The van der Waals surface area contributed by atoms with Crippen LogP contribution in [0.15, 0.2) is 10.7 Å². The van der Waals surface area contributed by atoms with Crippen molar-refractivity contribution in [3.8, 4) is 0 Å². The number of hydrogen-bond acceptors (Lipinski definition) is 5. The van der Waals surface area contributed by atoms with Crippen LogP contribution in [0.1, 0.15) is 12.8 Å². The van der Waals surface area contributed by atoms with Gasteiger partial charge in [0.15, 0.2) is 0 Å². The van der Waals surface area contributed by atoms with E-state index < -0.39 is 0 Å². The molecule has 0 radical (unpaired) electrons. The summed E-state index contributed by atoms with van der Waals surface area (Å²) in [5.41, 5.74) is 0. The maximum Gasteiger partial charge on any atom is 0.224 e. The molecule has 0 atom stereocenters. The van der Waals surface area contributed by atoms with E-state index in [1.165, 1.54) is 12.8 Å². The Kier molecular flexibility index (Phi) is 4.40. The summed E-state index contributed by atoms with van der Waals surface area (Å²) in [6, 6.07) is 0.686. The number of nitrogens with one attached hydrogen (secondary N) is 1. The van der Waals surface area contributed by atoms with Gasteiger partial charge in [0.1, 0.15) is 5.82 Å². The van der Waals surface area contributed by atoms with Gasteiger partial charge in [0, 0.05) is 32.4 Å². The van der Waals surface area contributed by atoms with Crippen LogP contribution in [0.2, 0.25) is 0 Å². The average Bonchev–Trinajstić information content (AvgIpc) is 2.39. The van der Waals surface area contributed by atoms with Crippen molar-refractivity contribution in [3.63, 3.8) is 0 Å². The van der Waals surface area contributed by atoms with Gasteiger partial charge < -0.3 is 15.1 Å². The van der Waals surface area contributed by atoms with Crippen LogP contribution in [-0.4, -0.2) is 55.1 Å². The summed E-state index contributed by atoms with van der Waals surface area (Å²) in [6.07, 6.45) is 4.17. The highest BCUT2D eigenvalue weighted by Crippen LogP contribution is 2.27. The lowest BCUT2D eigenvalue weighted by molar-refractivity contribution is 0.249. The molecule has 0 saturated carbocycles. The fraction of sp³-hybridized carbons (Fsp3) is 0.667. The summed E-state index contributed by atoms with van der Waals surface area (Å²) in [4.78, 5) is 13.4. The Balaban J connectivity index is 2.09. The molecule has 2 heterocycles. The number of hydrogen-bond donors (Lipinski definition) is 1. The summed E-state index contributed by atoms with van der Waals surface area (Å²) in [5, 5.41) is 2.98. The monoisotopic (exact) mass is 313 g/mol. The van der Waals surface area contributed by atoms with E-state index >= 15 is 0 Å². The van der Waals surface area contributed by atoms with Gasteiger partial charge in [-0.1, -0.05) is 0 Å². The summed E-state index contributed by atoms with van der Waals surface area (Å²) < 4.78 is 0.963. The van der Waals surface area contributed by atoms with Crippen LogP contribution in [0.4, 0.5) is 11.8 Å². The van der Waals surface area contributed by atoms with Crippen LogP contribution in [0, 0.1) is 0 Å². The number of aromatic nitrogens is 2. The van der Waals surface area contributed by atoms with Gasteiger partial charge in [-0.05, 0) is 42.9 Å². The van der Waals surface area contributed by atoms with Crippen LogP contribution in [0.5, 0.6) is 0 Å². The van der Waals surface area contributed by atoms with E-state index in [1.54, 1.807) is 0 Å². The van der Waals surface area contributed by atoms with Gasteiger partial charge in [0.05, 0.1) is 4.47 Å². The summed E-state index contributed by atoms with van der Waals surface area (Å²) in [6.45, 7) is 2.09. The largest absolute Gasteiger partial charge is 0.357 e. The molecule has 0 bridgehead atoms. The molecule has 0 aromatic carbocycles. The van der Waals surface area contributed by atoms with E-state index in [1.807, 2.05) is 13.2 Å². The topological polar surface area (TPSA) is 44.3 Å². The zero-order chi connectivity index (χ0) is 13.1. The third-order valence-electron chi connectivity index (χ3n) is 3.44. The first-order chi connectivity index (χ1) is 8.61. The van der Waals surface area contributed by atoms with E-state index in [0.717, 1.165) is 23.4 Å². The minimum absolute atomic E-state index is 0.669. The number of rotatable bonds is 3. The van der Waals surface area contributed by atoms with Crippen LogP contribution in [-0.2, 0) is 0 Å². The van der Waals surface area contributed by atoms with Gasteiger partial charge in [-0.15, -0.1) is 0 Å². The van der Waals surface area contributed by atoms with Gasteiger partial charge in [-0.3, -0.25) is 0 Å². The Morgan fingerprint density at radius 3 is 2.61 bits per heavy atom. The Morgan fingerprint density at radius 1 is 1.39 bits per heavy atom. The van der Waals surface area contributed by atoms with Crippen molar-refractivity contribution in [1.82, 2.24) is 14.9 Å². The quantitative estimate of drug-likeness (QED) is 0.922. The minimum Gasteiger partial charge on any atom is -0.357 e. The molecule has 1 aromatic rings. The van der Waals surface area contributed by atoms with Crippen LogP contribution < -0.4 is 10.2 Å². The van der Waals surface area contributed by atoms with Gasteiger partial charge in [-0.2, -0.15) is 4.98 Å². The number of anilines is 2. The van der Waals surface area contributed by atoms with Gasteiger partial charge in [0.25, 0.3) is 0 Å². The van der Waals surface area contributed by atoms with Crippen molar-refractivity contribution in [1.29, 1.82) is 0 Å². The number of piperidine rings is 1. The molecule has 1 aliphatic heterocycles. The van der Waals surface area contributed by atoms with E-state index in [-0.39, 0.29) is 0 Å². The van der Waals surface area contributed by atoms with Crippen molar-refractivity contribution in [3.05, 3.63) is 10.7 Å². The predicted molar refractivity (Wildman–Crippen MR) is 78.2 cm³/mol. The highest BCUT2D eigenvalue weighted by atomic mass is 79.9. The standard InChI is InChI=1S/C12H20BrN5/c1-14-12-15-8-10(13)11(16-12)18-6-4-9(5-7-18)17(2)3/h8-9H,4-7H2,1-3H3,(H,14,15,16). The molecule has 1 saturated heterocycles. The Morgan fingerprint density at radius 2 is 2.06 bits per heavy atom. The molecule has 0 unspecified atom stereocenters. The first kappa shape index (κ1) is 13.5. The molecule has 1 fully saturated rings. The number of halogens is 1. The maximum absolute atomic E-state index is 4.53. The van der Waals surface area contributed by atoms with Crippen molar-refractivity contribution in [2.24, 2.45) is 0 Å². The molecule has 6 heteroatoms. The second-order valence-corrected chi connectivity index (χ2v) is 5.65. The Hall–Kier alpha value is -0.880. The van der Waals surface area contributed by atoms with Crippen molar-refractivity contribution in [2.75, 3.05) is 44.4 Å². The zero-order valence-electron chi connectivity index (χ0n) is 11.1. The van der Waals surface area contributed by atoms with E-state index in [2.05, 4.69) is 55.1 Å². The molecular weight excluding hydrogens is 294 g/mol. The Labute approximate surface area is 117 Å². The van der Waals surface area contributed by atoms with Gasteiger partial charge >= 0.3 is 0 Å². The van der Waals surface area contributed by atoms with Crippen LogP contribution in [0.25, 0.3) is 0 Å². The third kappa shape index (κ3) is 2.92. The molecule has 2 rings (SSSR count). The average molecular weight is 314 g/mol. The van der Waals surface area contributed by atoms with Crippen molar-refractivity contribution < 1.29 is 0 Å². The lowest BCUT2D eigenvalue weighted by Crippen LogP contribution is -2.42. The van der Waals surface area contributed by atoms with Crippen LogP contribution >= 0.6 is 15.9 Å². The molecule has 1 aromatic heterocycles. The fourth-order valence-electron chi connectivity index (χ4n) is 2.29. The van der Waals surface area contributed by atoms with Gasteiger partial charge in [-0.25, -0.2) is 4.98 Å². The molecule has 5 nitrogen and oxygen atoms in total. The normalized spacial score (nSPS) is 17.3. The Bertz CT molecular complexity index is 401. The molecule has 1 aliphatic rings. The van der Waals surface area contributed by atoms with E-state index in [9.17, 15) is 0 Å². The first-order valence-corrected chi connectivity index (χ1v) is 7.02. The van der Waals surface area contributed by atoms with Crippen molar-refractivity contribution in [2.45, 2.75) is 18.9 Å². The molecular formula is C12H20BrN5. The SMILES string of the molecule is CNc1ncc(Br)c(N2CCC(N(C)C)CC2)n1. The van der Waals surface area contributed by atoms with Crippen LogP contribution in [0.3, 0.4) is 0 Å². The highest BCUT2D eigenvalue weighted by Gasteiger charge is 2.23. The summed E-state index contributed by atoms with van der Waals surface area (Å²) in [5.74, 6) is 1.66. The summed E-state index contributed by atoms with van der Waals surface area (Å²) >= 11 is 3.53. The van der Waals surface area contributed by atoms with E-state index in [4.69, 9.17) is 0 Å². The van der Waals surface area contributed by atoms with E-state index in [0.29, 0.717) is 12.0 Å². The molecule has 0 spiro atoms. The molecule has 0 amide bonds. The number of nitrogens with zero attached hydrogens (tertiary/aromatic N) is 4. The third-order valence-corrected chi connectivity index (χ3v) is 4.00.